The number of carboxylic acid groups (broad SMARTS) is 1. The molecule has 1 saturated carbocycles. The first-order valence-corrected chi connectivity index (χ1v) is 8.83. The molecule has 0 spiro atoms. The third kappa shape index (κ3) is 7.00. The SMILES string of the molecule is O=C=C(NCCOCCOCCOCCC(=O)O)C1CC2C=CC1C2. The van der Waals surface area contributed by atoms with Gasteiger partial charge in [0.25, 0.3) is 0 Å². The predicted molar refractivity (Wildman–Crippen MR) is 90.8 cm³/mol. The van der Waals surface area contributed by atoms with E-state index in [4.69, 9.17) is 19.3 Å². The van der Waals surface area contributed by atoms with Crippen LogP contribution in [0.4, 0.5) is 0 Å². The van der Waals surface area contributed by atoms with Gasteiger partial charge in [-0.3, -0.25) is 4.79 Å². The number of aliphatic carboxylic acids is 1. The Labute approximate surface area is 148 Å². The number of rotatable bonds is 14. The Hall–Kier alpha value is -1.66. The fourth-order valence-electron chi connectivity index (χ4n) is 3.31. The number of carboxylic acids is 1. The monoisotopic (exact) mass is 353 g/mol. The lowest BCUT2D eigenvalue weighted by Gasteiger charge is -2.20. The molecule has 2 aliphatic rings. The van der Waals surface area contributed by atoms with Crippen LogP contribution in [0, 0.1) is 17.8 Å². The fourth-order valence-corrected chi connectivity index (χ4v) is 3.31. The quantitative estimate of drug-likeness (QED) is 0.274. The molecule has 0 aliphatic heterocycles. The van der Waals surface area contributed by atoms with Gasteiger partial charge in [-0.25, -0.2) is 4.79 Å². The Bertz CT molecular complexity index is 500. The molecule has 0 aromatic rings. The highest BCUT2D eigenvalue weighted by atomic mass is 16.5. The normalized spacial score (nSPS) is 23.6. The first-order chi connectivity index (χ1) is 12.2. The summed E-state index contributed by atoms with van der Waals surface area (Å²) >= 11 is 0. The van der Waals surface area contributed by atoms with E-state index in [1.54, 1.807) is 0 Å². The zero-order valence-corrected chi connectivity index (χ0v) is 14.4. The van der Waals surface area contributed by atoms with Crippen LogP contribution in [0.25, 0.3) is 0 Å². The highest BCUT2D eigenvalue weighted by Gasteiger charge is 2.38. The molecule has 2 rings (SSSR count). The summed E-state index contributed by atoms with van der Waals surface area (Å²) in [6.45, 7) is 2.99. The highest BCUT2D eigenvalue weighted by molar-refractivity contribution is 5.66. The van der Waals surface area contributed by atoms with E-state index in [9.17, 15) is 9.59 Å². The number of hydrogen-bond acceptors (Lipinski definition) is 6. The van der Waals surface area contributed by atoms with Crippen LogP contribution in [0.3, 0.4) is 0 Å². The van der Waals surface area contributed by atoms with Crippen molar-refractivity contribution in [3.8, 4) is 0 Å². The summed E-state index contributed by atoms with van der Waals surface area (Å²) < 4.78 is 15.9. The molecule has 2 bridgehead atoms. The van der Waals surface area contributed by atoms with Crippen molar-refractivity contribution in [3.63, 3.8) is 0 Å². The van der Waals surface area contributed by atoms with Crippen molar-refractivity contribution < 1.29 is 28.9 Å². The molecule has 0 amide bonds. The second-order valence-electron chi connectivity index (χ2n) is 6.31. The molecule has 1 fully saturated rings. The van der Waals surface area contributed by atoms with Gasteiger partial charge < -0.3 is 24.6 Å². The van der Waals surface area contributed by atoms with Crippen LogP contribution in [0.15, 0.2) is 17.8 Å². The number of ether oxygens (including phenoxy) is 3. The van der Waals surface area contributed by atoms with Crippen LogP contribution in [-0.4, -0.2) is 63.2 Å². The standard InChI is InChI=1S/C18H27NO6/c20-13-17(16-12-14-1-2-15(16)11-14)19-4-6-24-8-10-25-9-7-23-5-3-18(21)22/h1-2,14-16,19H,3-12H2,(H,21,22). The smallest absolute Gasteiger partial charge is 0.305 e. The van der Waals surface area contributed by atoms with E-state index in [1.807, 2.05) is 0 Å². The van der Waals surface area contributed by atoms with E-state index in [2.05, 4.69) is 23.4 Å². The number of carbonyl (C=O) groups excluding carboxylic acids is 1. The van der Waals surface area contributed by atoms with E-state index in [1.165, 1.54) is 0 Å². The summed E-state index contributed by atoms with van der Waals surface area (Å²) in [4.78, 5) is 21.4. The first-order valence-electron chi connectivity index (χ1n) is 8.83. The van der Waals surface area contributed by atoms with Gasteiger partial charge in [0.05, 0.1) is 46.1 Å². The molecular formula is C18H27NO6. The number of allylic oxidation sites excluding steroid dienone is 3. The second-order valence-corrected chi connectivity index (χ2v) is 6.31. The van der Waals surface area contributed by atoms with Crippen molar-refractivity contribution in [2.75, 3.05) is 46.2 Å². The average molecular weight is 353 g/mol. The minimum Gasteiger partial charge on any atom is -0.481 e. The average Bonchev–Trinajstić information content (AvgIpc) is 3.22. The fraction of sp³-hybridized carbons (Fsp3) is 0.722. The molecule has 140 valence electrons. The molecule has 7 heteroatoms. The second kappa shape index (κ2) is 11.1. The molecule has 3 atom stereocenters. The van der Waals surface area contributed by atoms with Crippen molar-refractivity contribution in [2.45, 2.75) is 19.3 Å². The van der Waals surface area contributed by atoms with Crippen molar-refractivity contribution in [1.29, 1.82) is 0 Å². The number of nitrogens with one attached hydrogen (secondary N) is 1. The molecule has 2 N–H and O–H groups in total. The van der Waals surface area contributed by atoms with Gasteiger partial charge in [0, 0.05) is 12.5 Å². The molecule has 25 heavy (non-hydrogen) atoms. The van der Waals surface area contributed by atoms with Gasteiger partial charge in [-0.1, -0.05) is 12.2 Å². The lowest BCUT2D eigenvalue weighted by atomic mass is 9.91. The molecule has 0 saturated heterocycles. The van der Waals surface area contributed by atoms with E-state index >= 15 is 0 Å². The van der Waals surface area contributed by atoms with Gasteiger partial charge in [0.15, 0.2) is 0 Å². The largest absolute Gasteiger partial charge is 0.481 e. The molecule has 3 unspecified atom stereocenters. The van der Waals surface area contributed by atoms with Crippen LogP contribution in [0.1, 0.15) is 19.3 Å². The third-order valence-corrected chi connectivity index (χ3v) is 4.53. The predicted octanol–water partition coefficient (Wildman–Crippen LogP) is 1.03. The molecular weight excluding hydrogens is 326 g/mol. The van der Waals surface area contributed by atoms with Crippen LogP contribution in [-0.2, 0) is 23.8 Å². The van der Waals surface area contributed by atoms with Gasteiger partial charge >= 0.3 is 5.97 Å². The maximum atomic E-state index is 11.2. The molecule has 7 nitrogen and oxygen atoms in total. The number of hydrogen-bond donors (Lipinski definition) is 2. The Kier molecular flexibility index (Phi) is 8.69. The third-order valence-electron chi connectivity index (χ3n) is 4.53. The molecule has 0 radical (unpaired) electrons. The molecule has 2 aliphatic carbocycles. The van der Waals surface area contributed by atoms with E-state index in [0.29, 0.717) is 57.1 Å². The Morgan fingerprint density at radius 1 is 1.04 bits per heavy atom. The van der Waals surface area contributed by atoms with Gasteiger partial charge in [0.2, 0.25) is 0 Å². The van der Waals surface area contributed by atoms with E-state index < -0.39 is 5.97 Å². The summed E-state index contributed by atoms with van der Waals surface area (Å²) in [5, 5.41) is 11.6. The van der Waals surface area contributed by atoms with Gasteiger partial charge in [-0.15, -0.1) is 0 Å². The van der Waals surface area contributed by atoms with E-state index in [0.717, 1.165) is 12.8 Å². The highest BCUT2D eigenvalue weighted by Crippen LogP contribution is 2.45. The first kappa shape index (κ1) is 19.7. The zero-order chi connectivity index (χ0) is 17.9. The van der Waals surface area contributed by atoms with Gasteiger partial charge in [-0.2, -0.15) is 0 Å². The summed E-state index contributed by atoms with van der Waals surface area (Å²) in [6, 6.07) is 0. The van der Waals surface area contributed by atoms with Crippen molar-refractivity contribution in [3.05, 3.63) is 17.8 Å². The van der Waals surface area contributed by atoms with Crippen LogP contribution in [0.2, 0.25) is 0 Å². The zero-order valence-electron chi connectivity index (χ0n) is 14.4. The van der Waals surface area contributed by atoms with Gasteiger partial charge in [0.1, 0.15) is 11.6 Å². The number of carbonyl (C=O) groups is 1. The summed E-state index contributed by atoms with van der Waals surface area (Å²) in [5.41, 5.74) is 0.676. The Balaban J connectivity index is 1.40. The lowest BCUT2D eigenvalue weighted by Crippen LogP contribution is -2.27. The maximum Gasteiger partial charge on any atom is 0.305 e. The van der Waals surface area contributed by atoms with Crippen molar-refractivity contribution in [2.24, 2.45) is 17.8 Å². The van der Waals surface area contributed by atoms with Crippen molar-refractivity contribution >= 4 is 11.9 Å². The molecule has 0 heterocycles. The Morgan fingerprint density at radius 2 is 1.72 bits per heavy atom. The summed E-state index contributed by atoms with van der Waals surface area (Å²) in [5.74, 6) is 2.60. The minimum absolute atomic E-state index is 0.00583. The van der Waals surface area contributed by atoms with Crippen LogP contribution in [0.5, 0.6) is 0 Å². The Morgan fingerprint density at radius 3 is 2.28 bits per heavy atom. The number of fused-ring (bicyclic) bond motifs is 2. The van der Waals surface area contributed by atoms with Gasteiger partial charge in [-0.05, 0) is 24.7 Å². The van der Waals surface area contributed by atoms with Crippen LogP contribution < -0.4 is 5.32 Å². The summed E-state index contributed by atoms with van der Waals surface area (Å²) in [6.07, 6.45) is 6.68. The molecule has 0 aromatic carbocycles. The maximum absolute atomic E-state index is 11.2. The lowest BCUT2D eigenvalue weighted by molar-refractivity contribution is -0.138. The topological polar surface area (TPSA) is 94.1 Å². The van der Waals surface area contributed by atoms with Crippen molar-refractivity contribution in [1.82, 2.24) is 5.32 Å². The molecule has 0 aromatic heterocycles. The summed E-state index contributed by atoms with van der Waals surface area (Å²) in [7, 11) is 0. The minimum atomic E-state index is -0.868. The van der Waals surface area contributed by atoms with E-state index in [-0.39, 0.29) is 18.9 Å². The van der Waals surface area contributed by atoms with Crippen LogP contribution >= 0.6 is 0 Å².